The van der Waals surface area contributed by atoms with Crippen LogP contribution < -0.4 is 5.32 Å². The number of benzene rings is 1. The highest BCUT2D eigenvalue weighted by molar-refractivity contribution is 5.94. The van der Waals surface area contributed by atoms with Gasteiger partial charge in [-0.15, -0.1) is 12.4 Å². The van der Waals surface area contributed by atoms with Gasteiger partial charge in [0.15, 0.2) is 0 Å². The number of nitrogens with zero attached hydrogens (tertiary/aromatic N) is 1. The second kappa shape index (κ2) is 6.82. The normalized spacial score (nSPS) is 18.9. The average molecular weight is 291 g/mol. The summed E-state index contributed by atoms with van der Waals surface area (Å²) in [5, 5.41) is 3.12. The first-order valence-electron chi connectivity index (χ1n) is 6.03. The van der Waals surface area contributed by atoms with E-state index in [2.05, 4.69) is 5.32 Å². The summed E-state index contributed by atoms with van der Waals surface area (Å²) < 4.78 is 26.2. The molecule has 0 aromatic heterocycles. The lowest BCUT2D eigenvalue weighted by Crippen LogP contribution is -2.47. The number of likely N-dealkylation sites (tertiary alicyclic amines) is 1. The number of hydrogen-bond donors (Lipinski definition) is 1. The molecule has 0 saturated carbocycles. The molecule has 0 aliphatic carbocycles. The van der Waals surface area contributed by atoms with Crippen LogP contribution in [-0.2, 0) is 0 Å². The van der Waals surface area contributed by atoms with Crippen molar-refractivity contribution in [1.82, 2.24) is 10.2 Å². The highest BCUT2D eigenvalue weighted by Crippen LogP contribution is 2.15. The van der Waals surface area contributed by atoms with Gasteiger partial charge >= 0.3 is 0 Å². The van der Waals surface area contributed by atoms with E-state index in [1.54, 1.807) is 4.90 Å². The van der Waals surface area contributed by atoms with Crippen molar-refractivity contribution in [3.63, 3.8) is 0 Å². The van der Waals surface area contributed by atoms with E-state index in [1.165, 1.54) is 0 Å². The molecule has 19 heavy (non-hydrogen) atoms. The first kappa shape index (κ1) is 15.9. The number of likely N-dealkylation sites (N-methyl/N-ethyl adjacent to an activating group) is 1. The summed E-state index contributed by atoms with van der Waals surface area (Å²) in [6, 6.07) is 3.17. The van der Waals surface area contributed by atoms with Crippen LogP contribution in [-0.4, -0.2) is 37.0 Å². The summed E-state index contributed by atoms with van der Waals surface area (Å²) in [4.78, 5) is 13.8. The van der Waals surface area contributed by atoms with E-state index in [9.17, 15) is 13.6 Å². The standard InChI is InChI=1S/C13H16F2N2O.ClH/c1-16-12-3-2-4-17(8-12)13(18)9-5-10(14)7-11(15)6-9;/h5-7,12,16H,2-4,8H2,1H3;1H. The summed E-state index contributed by atoms with van der Waals surface area (Å²) in [6.45, 7) is 1.21. The SMILES string of the molecule is CNC1CCCN(C(=O)c2cc(F)cc(F)c2)C1.Cl. The topological polar surface area (TPSA) is 32.3 Å². The van der Waals surface area contributed by atoms with Crippen LogP contribution in [0, 0.1) is 11.6 Å². The molecule has 1 N–H and O–H groups in total. The molecule has 1 unspecified atom stereocenters. The monoisotopic (exact) mass is 290 g/mol. The molecule has 1 heterocycles. The molecule has 106 valence electrons. The number of halogens is 3. The Morgan fingerprint density at radius 3 is 2.53 bits per heavy atom. The first-order valence-corrected chi connectivity index (χ1v) is 6.03. The van der Waals surface area contributed by atoms with Crippen molar-refractivity contribution >= 4 is 18.3 Å². The van der Waals surface area contributed by atoms with Crippen molar-refractivity contribution in [2.24, 2.45) is 0 Å². The summed E-state index contributed by atoms with van der Waals surface area (Å²) in [7, 11) is 1.85. The summed E-state index contributed by atoms with van der Waals surface area (Å²) in [5.41, 5.74) is 0.0734. The number of rotatable bonds is 2. The van der Waals surface area contributed by atoms with Crippen LogP contribution in [0.15, 0.2) is 18.2 Å². The van der Waals surface area contributed by atoms with Crippen molar-refractivity contribution in [3.8, 4) is 0 Å². The third-order valence-corrected chi connectivity index (χ3v) is 3.23. The zero-order valence-electron chi connectivity index (χ0n) is 10.7. The number of nitrogens with one attached hydrogen (secondary N) is 1. The number of hydrogen-bond acceptors (Lipinski definition) is 2. The van der Waals surface area contributed by atoms with Gasteiger partial charge in [-0.3, -0.25) is 4.79 Å². The third-order valence-electron chi connectivity index (χ3n) is 3.23. The van der Waals surface area contributed by atoms with Gasteiger partial charge in [0.05, 0.1) is 0 Å². The Bertz CT molecular complexity index is 436. The second-order valence-corrected chi connectivity index (χ2v) is 4.54. The van der Waals surface area contributed by atoms with Gasteiger partial charge in [-0.05, 0) is 32.0 Å². The Kier molecular flexibility index (Phi) is 5.69. The van der Waals surface area contributed by atoms with Crippen molar-refractivity contribution < 1.29 is 13.6 Å². The molecule has 6 heteroatoms. The molecule has 1 aliphatic rings. The number of carbonyl (C=O) groups is 1. The molecule has 1 atom stereocenters. The molecule has 0 radical (unpaired) electrons. The van der Waals surface area contributed by atoms with Gasteiger partial charge in [0.25, 0.3) is 5.91 Å². The lowest BCUT2D eigenvalue weighted by molar-refractivity contribution is 0.0697. The molecule has 1 aromatic carbocycles. The van der Waals surface area contributed by atoms with Gasteiger partial charge in [-0.25, -0.2) is 8.78 Å². The summed E-state index contributed by atoms with van der Waals surface area (Å²) in [6.07, 6.45) is 1.91. The van der Waals surface area contributed by atoms with Crippen molar-refractivity contribution in [2.45, 2.75) is 18.9 Å². The molecule has 1 amide bonds. The van der Waals surface area contributed by atoms with E-state index in [1.807, 2.05) is 7.05 Å². The van der Waals surface area contributed by atoms with E-state index in [-0.39, 0.29) is 29.9 Å². The lowest BCUT2D eigenvalue weighted by Gasteiger charge is -2.32. The number of carbonyl (C=O) groups excluding carboxylic acids is 1. The first-order chi connectivity index (χ1) is 8.60. The zero-order chi connectivity index (χ0) is 13.1. The molecule has 0 bridgehead atoms. The van der Waals surface area contributed by atoms with E-state index in [4.69, 9.17) is 0 Å². The smallest absolute Gasteiger partial charge is 0.254 e. The predicted molar refractivity (Wildman–Crippen MR) is 71.6 cm³/mol. The Labute approximate surface area is 117 Å². The highest BCUT2D eigenvalue weighted by atomic mass is 35.5. The fourth-order valence-electron chi connectivity index (χ4n) is 2.26. The largest absolute Gasteiger partial charge is 0.337 e. The van der Waals surface area contributed by atoms with Crippen LogP contribution in [0.2, 0.25) is 0 Å². The third kappa shape index (κ3) is 3.88. The van der Waals surface area contributed by atoms with Gasteiger partial charge in [0, 0.05) is 30.8 Å². The predicted octanol–water partition coefficient (Wildman–Crippen LogP) is 2.21. The fraction of sp³-hybridized carbons (Fsp3) is 0.462. The maximum Gasteiger partial charge on any atom is 0.254 e. The van der Waals surface area contributed by atoms with Crippen molar-refractivity contribution in [1.29, 1.82) is 0 Å². The van der Waals surface area contributed by atoms with Gasteiger partial charge in [-0.1, -0.05) is 0 Å². The number of piperidine rings is 1. The maximum absolute atomic E-state index is 13.1. The maximum atomic E-state index is 13.1. The molecule has 0 spiro atoms. The van der Waals surface area contributed by atoms with E-state index in [0.29, 0.717) is 13.1 Å². The minimum absolute atomic E-state index is 0. The van der Waals surface area contributed by atoms with Crippen LogP contribution in [0.3, 0.4) is 0 Å². The Morgan fingerprint density at radius 1 is 1.32 bits per heavy atom. The molecule has 1 saturated heterocycles. The van der Waals surface area contributed by atoms with Crippen LogP contribution in [0.4, 0.5) is 8.78 Å². The molecule has 1 fully saturated rings. The summed E-state index contributed by atoms with van der Waals surface area (Å²) in [5.74, 6) is -1.76. The zero-order valence-corrected chi connectivity index (χ0v) is 11.5. The van der Waals surface area contributed by atoms with E-state index in [0.717, 1.165) is 31.0 Å². The summed E-state index contributed by atoms with van der Waals surface area (Å²) >= 11 is 0. The van der Waals surface area contributed by atoms with Gasteiger partial charge in [-0.2, -0.15) is 0 Å². The quantitative estimate of drug-likeness (QED) is 0.906. The van der Waals surface area contributed by atoms with Crippen LogP contribution in [0.25, 0.3) is 0 Å². The lowest BCUT2D eigenvalue weighted by atomic mass is 10.0. The van der Waals surface area contributed by atoms with Crippen LogP contribution >= 0.6 is 12.4 Å². The average Bonchev–Trinajstić information content (AvgIpc) is 2.37. The number of amides is 1. The molecule has 3 nitrogen and oxygen atoms in total. The van der Waals surface area contributed by atoms with Crippen LogP contribution in [0.5, 0.6) is 0 Å². The van der Waals surface area contributed by atoms with Gasteiger partial charge < -0.3 is 10.2 Å². The fourth-order valence-corrected chi connectivity index (χ4v) is 2.26. The van der Waals surface area contributed by atoms with Gasteiger partial charge in [0.1, 0.15) is 11.6 Å². The molecule has 2 rings (SSSR count). The molecular weight excluding hydrogens is 274 g/mol. The van der Waals surface area contributed by atoms with E-state index < -0.39 is 11.6 Å². The van der Waals surface area contributed by atoms with Crippen molar-refractivity contribution in [2.75, 3.05) is 20.1 Å². The Balaban J connectivity index is 0.00000180. The highest BCUT2D eigenvalue weighted by Gasteiger charge is 2.24. The minimum Gasteiger partial charge on any atom is -0.337 e. The molecule has 1 aromatic rings. The van der Waals surface area contributed by atoms with Crippen molar-refractivity contribution in [3.05, 3.63) is 35.4 Å². The van der Waals surface area contributed by atoms with Crippen LogP contribution in [0.1, 0.15) is 23.2 Å². The van der Waals surface area contributed by atoms with Gasteiger partial charge in [0.2, 0.25) is 0 Å². The Morgan fingerprint density at radius 2 is 1.95 bits per heavy atom. The molecular formula is C13H17ClF2N2O. The van der Waals surface area contributed by atoms with E-state index >= 15 is 0 Å². The molecule has 1 aliphatic heterocycles. The second-order valence-electron chi connectivity index (χ2n) is 4.54. The minimum atomic E-state index is -0.722. The Hall–Kier alpha value is -1.20.